The molecule has 6 nitrogen and oxygen atoms in total. The Morgan fingerprint density at radius 2 is 1.89 bits per heavy atom. The summed E-state index contributed by atoms with van der Waals surface area (Å²) in [6, 6.07) is 13.6. The molecule has 0 aliphatic carbocycles. The summed E-state index contributed by atoms with van der Waals surface area (Å²) < 4.78 is 10.6. The lowest BCUT2D eigenvalue weighted by atomic mass is 10.1. The Hall–Kier alpha value is -3.30. The monoisotopic (exact) mass is 384 g/mol. The lowest BCUT2D eigenvalue weighted by Crippen LogP contribution is -2.12. The SMILES string of the molecule is COc1cc(/C=C(\C#N)C(N)=O)ccc1OC(=O)CCc1ccc(Cl)cc1. The number of esters is 1. The van der Waals surface area contributed by atoms with Crippen LogP contribution in [0.2, 0.25) is 5.02 Å². The number of carbonyl (C=O) groups excluding carboxylic acids is 2. The van der Waals surface area contributed by atoms with E-state index in [0.717, 1.165) is 5.56 Å². The van der Waals surface area contributed by atoms with E-state index in [2.05, 4.69) is 0 Å². The molecule has 0 heterocycles. The molecule has 2 rings (SSSR count). The Morgan fingerprint density at radius 3 is 2.48 bits per heavy atom. The molecule has 27 heavy (non-hydrogen) atoms. The van der Waals surface area contributed by atoms with Crippen LogP contribution in [-0.4, -0.2) is 19.0 Å². The second-order valence-corrected chi connectivity index (χ2v) is 5.98. The minimum Gasteiger partial charge on any atom is -0.493 e. The van der Waals surface area contributed by atoms with Crippen LogP contribution >= 0.6 is 11.6 Å². The Balaban J connectivity index is 2.07. The highest BCUT2D eigenvalue weighted by molar-refractivity contribution is 6.30. The van der Waals surface area contributed by atoms with Crippen molar-refractivity contribution in [3.63, 3.8) is 0 Å². The molecule has 0 fully saturated rings. The van der Waals surface area contributed by atoms with Crippen molar-refractivity contribution in [2.45, 2.75) is 12.8 Å². The Bertz CT molecular complexity index is 915. The van der Waals surface area contributed by atoms with Gasteiger partial charge in [0.2, 0.25) is 0 Å². The first-order valence-corrected chi connectivity index (χ1v) is 8.35. The highest BCUT2D eigenvalue weighted by Gasteiger charge is 2.12. The van der Waals surface area contributed by atoms with Gasteiger partial charge in [0.15, 0.2) is 11.5 Å². The molecule has 0 aliphatic heterocycles. The molecule has 0 atom stereocenters. The van der Waals surface area contributed by atoms with Gasteiger partial charge in [-0.3, -0.25) is 9.59 Å². The zero-order valence-corrected chi connectivity index (χ0v) is 15.3. The summed E-state index contributed by atoms with van der Waals surface area (Å²) in [5.41, 5.74) is 6.41. The van der Waals surface area contributed by atoms with Crippen molar-refractivity contribution < 1.29 is 19.1 Å². The minimum absolute atomic E-state index is 0.187. The number of aryl methyl sites for hydroxylation is 1. The zero-order chi connectivity index (χ0) is 19.8. The van der Waals surface area contributed by atoms with E-state index < -0.39 is 11.9 Å². The maximum Gasteiger partial charge on any atom is 0.311 e. The topological polar surface area (TPSA) is 102 Å². The number of nitrogens with two attached hydrogens (primary N) is 1. The van der Waals surface area contributed by atoms with Crippen molar-refractivity contribution in [1.82, 2.24) is 0 Å². The van der Waals surface area contributed by atoms with Crippen LogP contribution in [0.4, 0.5) is 0 Å². The van der Waals surface area contributed by atoms with E-state index in [4.69, 9.17) is 32.1 Å². The van der Waals surface area contributed by atoms with E-state index in [1.807, 2.05) is 12.1 Å². The number of halogens is 1. The zero-order valence-electron chi connectivity index (χ0n) is 14.6. The molecule has 0 saturated carbocycles. The van der Waals surface area contributed by atoms with Gasteiger partial charge in [-0.25, -0.2) is 0 Å². The van der Waals surface area contributed by atoms with Crippen molar-refractivity contribution in [2.24, 2.45) is 5.73 Å². The number of hydrogen-bond acceptors (Lipinski definition) is 5. The predicted octanol–water partition coefficient (Wildman–Crippen LogP) is 3.28. The number of hydrogen-bond donors (Lipinski definition) is 1. The molecule has 0 aliphatic rings. The summed E-state index contributed by atoms with van der Waals surface area (Å²) in [6.45, 7) is 0. The lowest BCUT2D eigenvalue weighted by molar-refractivity contribution is -0.134. The number of rotatable bonds is 7. The Morgan fingerprint density at radius 1 is 1.19 bits per heavy atom. The van der Waals surface area contributed by atoms with Crippen molar-refractivity contribution >= 4 is 29.6 Å². The smallest absolute Gasteiger partial charge is 0.311 e. The summed E-state index contributed by atoms with van der Waals surface area (Å²) in [7, 11) is 1.42. The maximum absolute atomic E-state index is 12.1. The van der Waals surface area contributed by atoms with E-state index in [1.54, 1.807) is 30.3 Å². The number of nitriles is 1. The van der Waals surface area contributed by atoms with Gasteiger partial charge in [-0.2, -0.15) is 5.26 Å². The number of nitrogens with zero attached hydrogens (tertiary/aromatic N) is 1. The second kappa shape index (κ2) is 9.41. The average molecular weight is 385 g/mol. The molecular formula is C20H17ClN2O4. The molecule has 2 aromatic rings. The fourth-order valence-electron chi connectivity index (χ4n) is 2.25. The third-order valence-electron chi connectivity index (χ3n) is 3.64. The minimum atomic E-state index is -0.825. The largest absolute Gasteiger partial charge is 0.493 e. The fourth-order valence-corrected chi connectivity index (χ4v) is 2.38. The van der Waals surface area contributed by atoms with Crippen LogP contribution in [0.15, 0.2) is 48.0 Å². The second-order valence-electron chi connectivity index (χ2n) is 5.54. The molecule has 0 unspecified atom stereocenters. The first-order valence-electron chi connectivity index (χ1n) is 7.97. The van der Waals surface area contributed by atoms with Gasteiger partial charge in [0, 0.05) is 11.4 Å². The number of ether oxygens (including phenoxy) is 2. The fraction of sp³-hybridized carbons (Fsp3) is 0.150. The quantitative estimate of drug-likeness (QED) is 0.341. The van der Waals surface area contributed by atoms with Crippen LogP contribution in [0.3, 0.4) is 0 Å². The molecule has 0 saturated heterocycles. The summed E-state index contributed by atoms with van der Waals surface area (Å²) in [6.07, 6.45) is 2.03. The van der Waals surface area contributed by atoms with Crippen LogP contribution in [0.1, 0.15) is 17.5 Å². The summed E-state index contributed by atoms with van der Waals surface area (Å²) in [4.78, 5) is 23.2. The van der Waals surface area contributed by atoms with E-state index in [-0.39, 0.29) is 17.7 Å². The van der Waals surface area contributed by atoms with Gasteiger partial charge in [0.25, 0.3) is 5.91 Å². The van der Waals surface area contributed by atoms with Crippen molar-refractivity contribution in [2.75, 3.05) is 7.11 Å². The molecule has 0 bridgehead atoms. The highest BCUT2D eigenvalue weighted by atomic mass is 35.5. The van der Waals surface area contributed by atoms with Crippen LogP contribution in [0, 0.1) is 11.3 Å². The van der Waals surface area contributed by atoms with E-state index >= 15 is 0 Å². The first kappa shape index (κ1) is 20.0. The third-order valence-corrected chi connectivity index (χ3v) is 3.89. The summed E-state index contributed by atoms with van der Waals surface area (Å²) in [5.74, 6) is -0.700. The van der Waals surface area contributed by atoms with Crippen molar-refractivity contribution in [3.05, 3.63) is 64.2 Å². The van der Waals surface area contributed by atoms with Gasteiger partial charge in [0.05, 0.1) is 7.11 Å². The molecule has 0 aromatic heterocycles. The van der Waals surface area contributed by atoms with E-state index in [0.29, 0.717) is 22.8 Å². The normalized spacial score (nSPS) is 10.8. The van der Waals surface area contributed by atoms with Crippen molar-refractivity contribution in [3.8, 4) is 17.6 Å². The number of benzene rings is 2. The number of carbonyl (C=O) groups is 2. The van der Waals surface area contributed by atoms with Crippen LogP contribution < -0.4 is 15.2 Å². The van der Waals surface area contributed by atoms with Gasteiger partial charge in [-0.15, -0.1) is 0 Å². The van der Waals surface area contributed by atoms with Gasteiger partial charge in [-0.05, 0) is 47.9 Å². The van der Waals surface area contributed by atoms with Crippen LogP contribution in [0.5, 0.6) is 11.5 Å². The third kappa shape index (κ3) is 5.87. The van der Waals surface area contributed by atoms with E-state index in [1.165, 1.54) is 19.3 Å². The molecule has 138 valence electrons. The Labute approximate surface area is 161 Å². The average Bonchev–Trinajstić information content (AvgIpc) is 2.66. The standard InChI is InChI=1S/C20H17ClN2O4/c1-26-18-11-14(10-15(12-22)20(23)25)4-8-17(18)27-19(24)9-5-13-2-6-16(21)7-3-13/h2-4,6-8,10-11H,5,9H2,1H3,(H2,23,25)/b15-10+. The molecule has 2 aromatic carbocycles. The molecule has 0 radical (unpaired) electrons. The highest BCUT2D eigenvalue weighted by Crippen LogP contribution is 2.29. The van der Waals surface area contributed by atoms with Crippen LogP contribution in [-0.2, 0) is 16.0 Å². The molecular weight excluding hydrogens is 368 g/mol. The number of primary amides is 1. The van der Waals surface area contributed by atoms with Gasteiger partial charge < -0.3 is 15.2 Å². The summed E-state index contributed by atoms with van der Waals surface area (Å²) >= 11 is 5.83. The first-order chi connectivity index (χ1) is 12.9. The van der Waals surface area contributed by atoms with Crippen molar-refractivity contribution in [1.29, 1.82) is 5.26 Å². The molecule has 2 N–H and O–H groups in total. The molecule has 7 heteroatoms. The summed E-state index contributed by atoms with van der Waals surface area (Å²) in [5, 5.41) is 9.53. The van der Waals surface area contributed by atoms with Gasteiger partial charge >= 0.3 is 5.97 Å². The molecule has 0 spiro atoms. The lowest BCUT2D eigenvalue weighted by Gasteiger charge is -2.10. The number of methoxy groups -OCH3 is 1. The maximum atomic E-state index is 12.1. The van der Waals surface area contributed by atoms with E-state index in [9.17, 15) is 9.59 Å². The van der Waals surface area contributed by atoms with Gasteiger partial charge in [0.1, 0.15) is 11.6 Å². The van der Waals surface area contributed by atoms with Gasteiger partial charge in [-0.1, -0.05) is 29.8 Å². The predicted molar refractivity (Wildman–Crippen MR) is 101 cm³/mol. The Kier molecular flexibility index (Phi) is 6.98. The molecule has 1 amide bonds. The number of amides is 1. The van der Waals surface area contributed by atoms with Crippen LogP contribution in [0.25, 0.3) is 6.08 Å².